The Bertz CT molecular complexity index is 625. The molecule has 0 spiro atoms. The number of methoxy groups -OCH3 is 1. The molecule has 0 bridgehead atoms. The lowest BCUT2D eigenvalue weighted by Gasteiger charge is -2.22. The summed E-state index contributed by atoms with van der Waals surface area (Å²) in [7, 11) is 1.69. The first kappa shape index (κ1) is 18.5. The van der Waals surface area contributed by atoms with Gasteiger partial charge in [-0.3, -0.25) is 9.79 Å². The maximum atomic E-state index is 11.7. The van der Waals surface area contributed by atoms with Crippen molar-refractivity contribution in [2.24, 2.45) is 10.9 Å². The molecule has 1 aliphatic carbocycles. The molecule has 1 unspecified atom stereocenters. The van der Waals surface area contributed by atoms with Crippen molar-refractivity contribution in [3.05, 3.63) is 29.8 Å². The van der Waals surface area contributed by atoms with E-state index in [1.165, 1.54) is 5.56 Å². The van der Waals surface area contributed by atoms with Crippen LogP contribution in [0.25, 0.3) is 0 Å². The zero-order chi connectivity index (χ0) is 18.4. The van der Waals surface area contributed by atoms with Gasteiger partial charge in [0.25, 0.3) is 0 Å². The molecule has 0 radical (unpaired) electrons. The summed E-state index contributed by atoms with van der Waals surface area (Å²) in [5.74, 6) is 2.80. The number of carbonyl (C=O) groups is 1. The fourth-order valence-corrected chi connectivity index (χ4v) is 3.36. The van der Waals surface area contributed by atoms with Crippen LogP contribution in [0.4, 0.5) is 0 Å². The lowest BCUT2D eigenvalue weighted by Crippen LogP contribution is -2.40. The molecule has 2 fully saturated rings. The summed E-state index contributed by atoms with van der Waals surface area (Å²) >= 11 is 0. The average molecular weight is 358 g/mol. The minimum Gasteiger partial charge on any atom is -0.497 e. The number of hydrogen-bond acceptors (Lipinski definition) is 3. The highest BCUT2D eigenvalue weighted by atomic mass is 16.5. The molecule has 1 aromatic rings. The number of likely N-dealkylation sites (tertiary alicyclic amines) is 1. The van der Waals surface area contributed by atoms with Crippen molar-refractivity contribution in [2.45, 2.75) is 32.1 Å². The first-order valence-electron chi connectivity index (χ1n) is 9.66. The molecular weight excluding hydrogens is 328 g/mol. The van der Waals surface area contributed by atoms with Gasteiger partial charge in [0.05, 0.1) is 13.7 Å². The summed E-state index contributed by atoms with van der Waals surface area (Å²) < 4.78 is 5.24. The molecule has 1 aliphatic heterocycles. The van der Waals surface area contributed by atoms with Crippen LogP contribution in [0.3, 0.4) is 0 Å². The van der Waals surface area contributed by atoms with Crippen LogP contribution in [-0.4, -0.2) is 56.6 Å². The predicted molar refractivity (Wildman–Crippen MR) is 104 cm³/mol. The van der Waals surface area contributed by atoms with Crippen LogP contribution in [-0.2, 0) is 4.79 Å². The number of carbonyl (C=O) groups excluding carboxylic acids is 1. The topological polar surface area (TPSA) is 66.0 Å². The Morgan fingerprint density at radius 2 is 2.00 bits per heavy atom. The highest BCUT2D eigenvalue weighted by Crippen LogP contribution is 2.29. The maximum absolute atomic E-state index is 11.7. The highest BCUT2D eigenvalue weighted by Gasteiger charge is 2.29. The molecule has 6 heteroatoms. The van der Waals surface area contributed by atoms with E-state index >= 15 is 0 Å². The summed E-state index contributed by atoms with van der Waals surface area (Å²) in [5.41, 5.74) is 1.35. The molecule has 1 saturated heterocycles. The summed E-state index contributed by atoms with van der Waals surface area (Å²) in [5, 5.41) is 6.36. The Morgan fingerprint density at radius 1 is 1.23 bits per heavy atom. The standard InChI is InChI=1S/C20H30N4O2/c1-3-21-20(23-12-11-22-19(25)16-4-5-16)24-13-10-17(14-24)15-6-8-18(26-2)9-7-15/h6-9,16-17H,3-5,10-14H2,1-2H3,(H,21,23)(H,22,25). The largest absolute Gasteiger partial charge is 0.497 e. The minimum absolute atomic E-state index is 0.186. The Labute approximate surface area is 156 Å². The molecular formula is C20H30N4O2. The van der Waals surface area contributed by atoms with Crippen LogP contribution in [0.1, 0.15) is 37.7 Å². The van der Waals surface area contributed by atoms with Crippen molar-refractivity contribution in [1.29, 1.82) is 0 Å². The van der Waals surface area contributed by atoms with E-state index in [0.717, 1.165) is 50.6 Å². The molecule has 3 rings (SSSR count). The van der Waals surface area contributed by atoms with Crippen molar-refractivity contribution in [3.63, 3.8) is 0 Å². The van der Waals surface area contributed by atoms with E-state index in [9.17, 15) is 4.79 Å². The summed E-state index contributed by atoms with van der Waals surface area (Å²) in [6, 6.07) is 8.37. The number of amides is 1. The Balaban J connectivity index is 1.52. The second-order valence-electron chi connectivity index (χ2n) is 7.01. The predicted octanol–water partition coefficient (Wildman–Crippen LogP) is 1.98. The van der Waals surface area contributed by atoms with E-state index in [1.54, 1.807) is 7.11 Å². The van der Waals surface area contributed by atoms with E-state index in [4.69, 9.17) is 9.73 Å². The van der Waals surface area contributed by atoms with Gasteiger partial charge < -0.3 is 20.3 Å². The van der Waals surface area contributed by atoms with Crippen molar-refractivity contribution in [2.75, 3.05) is 39.8 Å². The number of rotatable bonds is 7. The van der Waals surface area contributed by atoms with Gasteiger partial charge in [-0.25, -0.2) is 0 Å². The molecule has 0 aromatic heterocycles. The zero-order valence-corrected chi connectivity index (χ0v) is 15.8. The van der Waals surface area contributed by atoms with E-state index in [0.29, 0.717) is 19.0 Å². The first-order chi connectivity index (χ1) is 12.7. The number of nitrogens with zero attached hydrogens (tertiary/aromatic N) is 2. The summed E-state index contributed by atoms with van der Waals surface area (Å²) in [6.07, 6.45) is 3.20. The Morgan fingerprint density at radius 3 is 2.65 bits per heavy atom. The quantitative estimate of drug-likeness (QED) is 0.444. The molecule has 26 heavy (non-hydrogen) atoms. The molecule has 1 saturated carbocycles. The fourth-order valence-electron chi connectivity index (χ4n) is 3.36. The van der Waals surface area contributed by atoms with Gasteiger partial charge in [-0.2, -0.15) is 0 Å². The number of ether oxygens (including phenoxy) is 1. The van der Waals surface area contributed by atoms with Gasteiger partial charge in [0.2, 0.25) is 5.91 Å². The van der Waals surface area contributed by atoms with Crippen LogP contribution >= 0.6 is 0 Å². The molecule has 142 valence electrons. The van der Waals surface area contributed by atoms with Crippen molar-refractivity contribution in [1.82, 2.24) is 15.5 Å². The third-order valence-electron chi connectivity index (χ3n) is 5.03. The second-order valence-corrected chi connectivity index (χ2v) is 7.01. The number of hydrogen-bond donors (Lipinski definition) is 2. The molecule has 1 heterocycles. The van der Waals surface area contributed by atoms with E-state index in [2.05, 4.69) is 34.6 Å². The van der Waals surface area contributed by atoms with Crippen LogP contribution in [0.15, 0.2) is 29.3 Å². The van der Waals surface area contributed by atoms with Gasteiger partial charge in [0.1, 0.15) is 5.75 Å². The maximum Gasteiger partial charge on any atom is 0.223 e. The average Bonchev–Trinajstić information content (AvgIpc) is 3.41. The fraction of sp³-hybridized carbons (Fsp3) is 0.600. The van der Waals surface area contributed by atoms with Crippen LogP contribution < -0.4 is 15.4 Å². The smallest absolute Gasteiger partial charge is 0.223 e. The number of nitrogens with one attached hydrogen (secondary N) is 2. The van der Waals surface area contributed by atoms with Gasteiger partial charge in [-0.05, 0) is 43.9 Å². The van der Waals surface area contributed by atoms with E-state index in [-0.39, 0.29) is 11.8 Å². The summed E-state index contributed by atoms with van der Waals surface area (Å²) in [6.45, 7) is 6.12. The monoisotopic (exact) mass is 358 g/mol. The molecule has 2 N–H and O–H groups in total. The first-order valence-corrected chi connectivity index (χ1v) is 9.66. The van der Waals surface area contributed by atoms with Gasteiger partial charge in [0.15, 0.2) is 5.96 Å². The second kappa shape index (κ2) is 8.92. The lowest BCUT2D eigenvalue weighted by atomic mass is 9.98. The van der Waals surface area contributed by atoms with Gasteiger partial charge in [-0.15, -0.1) is 0 Å². The highest BCUT2D eigenvalue weighted by molar-refractivity contribution is 5.81. The SMILES string of the molecule is CCNC(=NCCNC(=O)C1CC1)N1CCC(c2ccc(OC)cc2)C1. The van der Waals surface area contributed by atoms with Gasteiger partial charge in [-0.1, -0.05) is 12.1 Å². The number of aliphatic imine (C=N–C) groups is 1. The van der Waals surface area contributed by atoms with Crippen LogP contribution in [0.5, 0.6) is 5.75 Å². The normalized spacial score (nSPS) is 20.2. The molecule has 1 atom stereocenters. The van der Waals surface area contributed by atoms with Crippen LogP contribution in [0, 0.1) is 5.92 Å². The number of benzene rings is 1. The Hall–Kier alpha value is -2.24. The van der Waals surface area contributed by atoms with Gasteiger partial charge in [0, 0.05) is 38.0 Å². The molecule has 1 amide bonds. The minimum atomic E-state index is 0.186. The lowest BCUT2D eigenvalue weighted by molar-refractivity contribution is -0.122. The zero-order valence-electron chi connectivity index (χ0n) is 15.8. The van der Waals surface area contributed by atoms with Gasteiger partial charge >= 0.3 is 0 Å². The van der Waals surface area contributed by atoms with Crippen molar-refractivity contribution < 1.29 is 9.53 Å². The third-order valence-corrected chi connectivity index (χ3v) is 5.03. The number of guanidine groups is 1. The van der Waals surface area contributed by atoms with E-state index < -0.39 is 0 Å². The molecule has 6 nitrogen and oxygen atoms in total. The third kappa shape index (κ3) is 4.90. The Kier molecular flexibility index (Phi) is 6.36. The van der Waals surface area contributed by atoms with Crippen molar-refractivity contribution >= 4 is 11.9 Å². The summed E-state index contributed by atoms with van der Waals surface area (Å²) in [4.78, 5) is 18.7. The molecule has 1 aromatic carbocycles. The van der Waals surface area contributed by atoms with E-state index in [1.807, 2.05) is 12.1 Å². The molecule has 2 aliphatic rings. The van der Waals surface area contributed by atoms with Crippen LogP contribution in [0.2, 0.25) is 0 Å². The van der Waals surface area contributed by atoms with Crippen molar-refractivity contribution in [3.8, 4) is 5.75 Å².